The van der Waals surface area contributed by atoms with Gasteiger partial charge in [0, 0.05) is 44.4 Å². The van der Waals surface area contributed by atoms with Crippen molar-refractivity contribution in [1.82, 2.24) is 25.2 Å². The molecule has 2 aromatic rings. The van der Waals surface area contributed by atoms with Crippen LogP contribution in [0, 0.1) is 19.8 Å². The number of carbonyl (C=O) groups excluding carboxylic acids is 2. The maximum atomic E-state index is 12.9. The quantitative estimate of drug-likeness (QED) is 0.800. The second-order valence-electron chi connectivity index (χ2n) is 9.19. The molecule has 9 heteroatoms. The normalized spacial score (nSPS) is 20.0. The second kappa shape index (κ2) is 7.47. The van der Waals surface area contributed by atoms with Gasteiger partial charge in [-0.05, 0) is 45.4 Å². The van der Waals surface area contributed by atoms with E-state index < -0.39 is 0 Å². The summed E-state index contributed by atoms with van der Waals surface area (Å²) in [5, 5.41) is 11.4. The number of fused-ring (bicyclic) bond motifs is 1. The summed E-state index contributed by atoms with van der Waals surface area (Å²) in [6.45, 7) is 5.90. The summed E-state index contributed by atoms with van der Waals surface area (Å²) in [6.07, 6.45) is 4.59. The molecule has 3 aliphatic rings. The van der Waals surface area contributed by atoms with E-state index >= 15 is 0 Å². The number of ether oxygens (including phenoxy) is 1. The number of nitrogens with one attached hydrogen (secondary N) is 1. The molecule has 31 heavy (non-hydrogen) atoms. The van der Waals surface area contributed by atoms with Gasteiger partial charge in [0.2, 0.25) is 0 Å². The number of likely N-dealkylation sites (tertiary alicyclic amines) is 1. The first-order valence-electron chi connectivity index (χ1n) is 11.1. The van der Waals surface area contributed by atoms with Gasteiger partial charge < -0.3 is 19.5 Å². The highest BCUT2D eigenvalue weighted by Crippen LogP contribution is 2.37. The van der Waals surface area contributed by atoms with Crippen molar-refractivity contribution in [2.45, 2.75) is 58.2 Å². The molecule has 1 saturated heterocycles. The molecule has 4 heterocycles. The molecule has 9 nitrogen and oxygen atoms in total. The van der Waals surface area contributed by atoms with Gasteiger partial charge in [-0.3, -0.25) is 14.3 Å². The average Bonchev–Trinajstić information content (AvgIpc) is 3.46. The van der Waals surface area contributed by atoms with E-state index in [0.717, 1.165) is 30.6 Å². The molecule has 0 radical (unpaired) electrons. The SMILES string of the molecule is Cc1noc(C)c1C(=O)N1CCC2(CC1)Cc1c(c(C(=O)NCC3CC3)nn1C)CO2. The van der Waals surface area contributed by atoms with Crippen LogP contribution in [0.1, 0.15) is 69.2 Å². The van der Waals surface area contributed by atoms with Crippen LogP contribution in [-0.4, -0.2) is 56.9 Å². The first-order chi connectivity index (χ1) is 14.9. The number of hydrogen-bond acceptors (Lipinski definition) is 6. The van der Waals surface area contributed by atoms with E-state index in [1.807, 2.05) is 16.6 Å². The molecule has 2 amide bonds. The van der Waals surface area contributed by atoms with Crippen LogP contribution in [0.25, 0.3) is 0 Å². The van der Waals surface area contributed by atoms with E-state index in [1.54, 1.807) is 13.8 Å². The number of nitrogens with zero attached hydrogens (tertiary/aromatic N) is 4. The van der Waals surface area contributed by atoms with Crippen LogP contribution in [0.15, 0.2) is 4.52 Å². The fourth-order valence-corrected chi connectivity index (χ4v) is 4.77. The third-order valence-corrected chi connectivity index (χ3v) is 6.96. The Balaban J connectivity index is 1.27. The van der Waals surface area contributed by atoms with Gasteiger partial charge in [0.15, 0.2) is 5.69 Å². The van der Waals surface area contributed by atoms with Crippen molar-refractivity contribution >= 4 is 11.8 Å². The van der Waals surface area contributed by atoms with E-state index in [9.17, 15) is 9.59 Å². The van der Waals surface area contributed by atoms with E-state index in [0.29, 0.717) is 54.7 Å². The van der Waals surface area contributed by atoms with E-state index in [1.165, 1.54) is 12.8 Å². The van der Waals surface area contributed by atoms with Crippen molar-refractivity contribution in [2.75, 3.05) is 19.6 Å². The van der Waals surface area contributed by atoms with E-state index in [4.69, 9.17) is 9.26 Å². The van der Waals surface area contributed by atoms with Gasteiger partial charge in [-0.2, -0.15) is 5.10 Å². The van der Waals surface area contributed by atoms with Crippen molar-refractivity contribution in [1.29, 1.82) is 0 Å². The highest BCUT2D eigenvalue weighted by molar-refractivity contribution is 5.96. The third kappa shape index (κ3) is 3.64. The van der Waals surface area contributed by atoms with Crippen LogP contribution in [-0.2, 0) is 24.8 Å². The van der Waals surface area contributed by atoms with Crippen molar-refractivity contribution in [3.63, 3.8) is 0 Å². The zero-order chi connectivity index (χ0) is 21.8. The summed E-state index contributed by atoms with van der Waals surface area (Å²) >= 11 is 0. The van der Waals surface area contributed by atoms with Crippen molar-refractivity contribution in [3.8, 4) is 0 Å². The molecule has 5 rings (SSSR count). The summed E-state index contributed by atoms with van der Waals surface area (Å²) in [5.41, 5.74) is 3.32. The fourth-order valence-electron chi connectivity index (χ4n) is 4.77. The predicted octanol–water partition coefficient (Wildman–Crippen LogP) is 1.91. The maximum Gasteiger partial charge on any atom is 0.272 e. The van der Waals surface area contributed by atoms with Gasteiger partial charge in [-0.1, -0.05) is 5.16 Å². The zero-order valence-corrected chi connectivity index (χ0v) is 18.4. The Kier molecular flexibility index (Phi) is 4.88. The minimum atomic E-state index is -0.321. The minimum Gasteiger partial charge on any atom is -0.370 e. The predicted molar refractivity (Wildman–Crippen MR) is 111 cm³/mol. The Labute approximate surface area is 181 Å². The molecule has 2 aliphatic heterocycles. The summed E-state index contributed by atoms with van der Waals surface area (Å²) in [5.74, 6) is 1.05. The van der Waals surface area contributed by atoms with Crippen LogP contribution in [0.5, 0.6) is 0 Å². The van der Waals surface area contributed by atoms with Crippen LogP contribution in [0.3, 0.4) is 0 Å². The van der Waals surface area contributed by atoms with Crippen molar-refractivity contribution in [2.24, 2.45) is 13.0 Å². The molecule has 2 aromatic heterocycles. The minimum absolute atomic E-state index is 0.0299. The molecule has 166 valence electrons. The highest BCUT2D eigenvalue weighted by atomic mass is 16.5. The Morgan fingerprint density at radius 3 is 2.61 bits per heavy atom. The molecule has 2 fully saturated rings. The molecule has 0 bridgehead atoms. The lowest BCUT2D eigenvalue weighted by Crippen LogP contribution is -2.51. The first-order valence-corrected chi connectivity index (χ1v) is 11.1. The van der Waals surface area contributed by atoms with Gasteiger partial charge in [0.25, 0.3) is 11.8 Å². The van der Waals surface area contributed by atoms with Gasteiger partial charge in [-0.25, -0.2) is 0 Å². The highest BCUT2D eigenvalue weighted by Gasteiger charge is 2.43. The van der Waals surface area contributed by atoms with E-state index in [-0.39, 0.29) is 17.4 Å². The van der Waals surface area contributed by atoms with Crippen LogP contribution in [0.4, 0.5) is 0 Å². The Bertz CT molecular complexity index is 1010. The molecule has 1 spiro atoms. The number of amides is 2. The average molecular weight is 428 g/mol. The molecule has 0 unspecified atom stereocenters. The monoisotopic (exact) mass is 427 g/mol. The zero-order valence-electron chi connectivity index (χ0n) is 18.4. The second-order valence-corrected chi connectivity index (χ2v) is 9.19. The molecule has 1 N–H and O–H groups in total. The summed E-state index contributed by atoms with van der Waals surface area (Å²) in [7, 11) is 1.89. The molecular formula is C22H29N5O4. The number of hydrogen-bond donors (Lipinski definition) is 1. The summed E-state index contributed by atoms with van der Waals surface area (Å²) < 4.78 is 13.3. The smallest absolute Gasteiger partial charge is 0.272 e. The lowest BCUT2D eigenvalue weighted by atomic mass is 9.83. The van der Waals surface area contributed by atoms with Gasteiger partial charge in [-0.15, -0.1) is 0 Å². The Morgan fingerprint density at radius 2 is 1.97 bits per heavy atom. The number of aryl methyl sites for hydroxylation is 3. The van der Waals surface area contributed by atoms with Crippen LogP contribution in [0.2, 0.25) is 0 Å². The van der Waals surface area contributed by atoms with Crippen LogP contribution >= 0.6 is 0 Å². The third-order valence-electron chi connectivity index (χ3n) is 6.96. The number of piperidine rings is 1. The molecular weight excluding hydrogens is 398 g/mol. The fraction of sp³-hybridized carbons (Fsp3) is 0.636. The maximum absolute atomic E-state index is 12.9. The molecule has 0 aromatic carbocycles. The lowest BCUT2D eigenvalue weighted by molar-refractivity contribution is -0.0990. The van der Waals surface area contributed by atoms with Gasteiger partial charge in [0.1, 0.15) is 11.3 Å². The largest absolute Gasteiger partial charge is 0.370 e. The van der Waals surface area contributed by atoms with Crippen molar-refractivity contribution in [3.05, 3.63) is 34.0 Å². The Hall–Kier alpha value is -2.68. The Morgan fingerprint density at radius 1 is 1.23 bits per heavy atom. The van der Waals surface area contributed by atoms with Crippen molar-refractivity contribution < 1.29 is 18.8 Å². The number of aromatic nitrogens is 3. The molecule has 1 aliphatic carbocycles. The molecule has 0 atom stereocenters. The standard InChI is InChI=1S/C22H29N5O4/c1-13-18(14(2)31-25-13)21(29)27-8-6-22(7-9-27)10-17-16(12-30-22)19(24-26(17)3)20(28)23-11-15-4-5-15/h15H,4-12H2,1-3H3,(H,23,28). The summed E-state index contributed by atoms with van der Waals surface area (Å²) in [4.78, 5) is 27.4. The topological polar surface area (TPSA) is 102 Å². The van der Waals surface area contributed by atoms with Crippen LogP contribution < -0.4 is 5.32 Å². The molecule has 1 saturated carbocycles. The summed E-state index contributed by atoms with van der Waals surface area (Å²) in [6, 6.07) is 0. The van der Waals surface area contributed by atoms with Gasteiger partial charge >= 0.3 is 0 Å². The van der Waals surface area contributed by atoms with Gasteiger partial charge in [0.05, 0.1) is 17.9 Å². The number of carbonyl (C=O) groups is 2. The van der Waals surface area contributed by atoms with E-state index in [2.05, 4.69) is 15.6 Å². The first kappa shape index (κ1) is 20.2. The lowest BCUT2D eigenvalue weighted by Gasteiger charge is -2.43. The number of rotatable bonds is 4.